The van der Waals surface area contributed by atoms with Crippen molar-refractivity contribution in [3.05, 3.63) is 60.9 Å². The Kier molecular flexibility index (Phi) is 1.93. The van der Waals surface area contributed by atoms with E-state index in [4.69, 9.17) is 5.73 Å². The quantitative estimate of drug-likeness (QED) is 0.612. The molecule has 0 aliphatic carbocycles. The van der Waals surface area contributed by atoms with Crippen molar-refractivity contribution < 1.29 is 0 Å². The van der Waals surface area contributed by atoms with Gasteiger partial charge in [-0.3, -0.25) is 0 Å². The van der Waals surface area contributed by atoms with Crippen LogP contribution in [0.3, 0.4) is 0 Å². The second-order valence-corrected chi connectivity index (χ2v) is 3.85. The molecule has 0 amide bonds. The normalized spacial score (nSPS) is 10.8. The first-order valence-corrected chi connectivity index (χ1v) is 5.26. The fraction of sp³-hybridized carbons (Fsp3) is 0. The fourth-order valence-electron chi connectivity index (χ4n) is 1.96. The summed E-state index contributed by atoms with van der Waals surface area (Å²) in [5, 5.41) is 0. The molecule has 0 spiro atoms. The second-order valence-electron chi connectivity index (χ2n) is 3.85. The maximum absolute atomic E-state index is 5.97. The number of hydrogen-bond donors (Lipinski definition) is 1. The first-order chi connectivity index (χ1) is 7.84. The molecule has 0 unspecified atom stereocenters. The van der Waals surface area contributed by atoms with E-state index in [1.165, 1.54) is 5.52 Å². The third-order valence-electron chi connectivity index (χ3n) is 2.78. The Labute approximate surface area is 93.9 Å². The molecule has 2 heteroatoms. The van der Waals surface area contributed by atoms with Crippen molar-refractivity contribution in [3.8, 4) is 11.1 Å². The predicted molar refractivity (Wildman–Crippen MR) is 67.2 cm³/mol. The Bertz CT molecular complexity index is 605. The Hall–Kier alpha value is -2.22. The van der Waals surface area contributed by atoms with E-state index in [0.29, 0.717) is 0 Å². The van der Waals surface area contributed by atoms with Gasteiger partial charge < -0.3 is 10.1 Å². The summed E-state index contributed by atoms with van der Waals surface area (Å²) in [4.78, 5) is 0. The van der Waals surface area contributed by atoms with Crippen molar-refractivity contribution in [2.75, 3.05) is 5.73 Å². The van der Waals surface area contributed by atoms with Crippen molar-refractivity contribution in [1.29, 1.82) is 0 Å². The lowest BCUT2D eigenvalue weighted by Crippen LogP contribution is -1.87. The van der Waals surface area contributed by atoms with Gasteiger partial charge in [0, 0.05) is 34.7 Å². The Balaban J connectivity index is 2.23. The van der Waals surface area contributed by atoms with Crippen molar-refractivity contribution in [3.63, 3.8) is 0 Å². The first-order valence-electron chi connectivity index (χ1n) is 5.26. The van der Waals surface area contributed by atoms with Gasteiger partial charge in [0.1, 0.15) is 0 Å². The van der Waals surface area contributed by atoms with Gasteiger partial charge in [0.05, 0.1) is 0 Å². The summed E-state index contributed by atoms with van der Waals surface area (Å²) in [6.07, 6.45) is 4.14. The van der Waals surface area contributed by atoms with Crippen molar-refractivity contribution >= 4 is 11.2 Å². The monoisotopic (exact) mass is 208 g/mol. The molecule has 2 heterocycles. The average Bonchev–Trinajstić information content (AvgIpc) is 2.73. The van der Waals surface area contributed by atoms with Crippen LogP contribution in [0.2, 0.25) is 0 Å². The molecule has 1 aromatic carbocycles. The van der Waals surface area contributed by atoms with E-state index in [9.17, 15) is 0 Å². The molecule has 0 aliphatic rings. The second kappa shape index (κ2) is 3.42. The zero-order chi connectivity index (χ0) is 11.0. The van der Waals surface area contributed by atoms with Crippen LogP contribution in [-0.2, 0) is 0 Å². The molecule has 2 N–H and O–H groups in total. The number of nitrogens with two attached hydrogens (primary N) is 1. The SMILES string of the molecule is Nc1ccccc1-c1cc2ccccn2c1. The highest BCUT2D eigenvalue weighted by molar-refractivity contribution is 5.79. The van der Waals surface area contributed by atoms with Crippen molar-refractivity contribution in [2.24, 2.45) is 0 Å². The molecule has 16 heavy (non-hydrogen) atoms. The van der Waals surface area contributed by atoms with Gasteiger partial charge in [-0.1, -0.05) is 24.3 Å². The topological polar surface area (TPSA) is 30.4 Å². The van der Waals surface area contributed by atoms with Crippen molar-refractivity contribution in [1.82, 2.24) is 4.40 Å². The third-order valence-corrected chi connectivity index (χ3v) is 2.78. The molecule has 2 nitrogen and oxygen atoms in total. The Morgan fingerprint density at radius 2 is 1.75 bits per heavy atom. The van der Waals surface area contributed by atoms with Crippen LogP contribution in [0.25, 0.3) is 16.6 Å². The maximum Gasteiger partial charge on any atom is 0.0456 e. The lowest BCUT2D eigenvalue weighted by Gasteiger charge is -2.01. The van der Waals surface area contributed by atoms with Gasteiger partial charge in [-0.05, 0) is 24.3 Å². The number of nitrogen functional groups attached to an aromatic ring is 1. The molecule has 0 bridgehead atoms. The van der Waals surface area contributed by atoms with Crippen LogP contribution < -0.4 is 5.73 Å². The number of para-hydroxylation sites is 1. The van der Waals surface area contributed by atoms with Gasteiger partial charge in [-0.15, -0.1) is 0 Å². The number of anilines is 1. The summed E-state index contributed by atoms with van der Waals surface area (Å²) >= 11 is 0. The standard InChI is InChI=1S/C14H12N2/c15-14-7-2-1-6-13(14)11-9-12-5-3-4-8-16(12)10-11/h1-10H,15H2. The number of rotatable bonds is 1. The van der Waals surface area contributed by atoms with E-state index >= 15 is 0 Å². The van der Waals surface area contributed by atoms with Gasteiger partial charge in [0.2, 0.25) is 0 Å². The molecule has 3 aromatic rings. The van der Waals surface area contributed by atoms with E-state index in [0.717, 1.165) is 16.8 Å². The maximum atomic E-state index is 5.97. The van der Waals surface area contributed by atoms with Crippen LogP contribution in [0.5, 0.6) is 0 Å². The highest BCUT2D eigenvalue weighted by Crippen LogP contribution is 2.27. The van der Waals surface area contributed by atoms with Gasteiger partial charge in [0.25, 0.3) is 0 Å². The van der Waals surface area contributed by atoms with E-state index in [1.807, 2.05) is 42.6 Å². The summed E-state index contributed by atoms with van der Waals surface area (Å²) in [5.41, 5.74) is 10.2. The highest BCUT2D eigenvalue weighted by atomic mass is 14.8. The van der Waals surface area contributed by atoms with Gasteiger partial charge >= 0.3 is 0 Å². The van der Waals surface area contributed by atoms with Gasteiger partial charge in [-0.25, -0.2) is 0 Å². The molecule has 3 rings (SSSR count). The minimum Gasteiger partial charge on any atom is -0.398 e. The molecule has 0 saturated carbocycles. The number of hydrogen-bond acceptors (Lipinski definition) is 1. The summed E-state index contributed by atoms with van der Waals surface area (Å²) < 4.78 is 2.10. The number of benzene rings is 1. The zero-order valence-electron chi connectivity index (χ0n) is 8.80. The Morgan fingerprint density at radius 3 is 2.56 bits per heavy atom. The van der Waals surface area contributed by atoms with Crippen LogP contribution in [0.1, 0.15) is 0 Å². The number of pyridine rings is 1. The molecule has 78 valence electrons. The summed E-state index contributed by atoms with van der Waals surface area (Å²) in [6.45, 7) is 0. The minimum atomic E-state index is 0.818. The van der Waals surface area contributed by atoms with Gasteiger partial charge in [-0.2, -0.15) is 0 Å². The first kappa shape index (κ1) is 9.04. The van der Waals surface area contributed by atoms with Crippen LogP contribution >= 0.6 is 0 Å². The zero-order valence-corrected chi connectivity index (χ0v) is 8.80. The highest BCUT2D eigenvalue weighted by Gasteiger charge is 2.04. The van der Waals surface area contributed by atoms with Crippen LogP contribution in [0.4, 0.5) is 5.69 Å². The number of aromatic nitrogens is 1. The predicted octanol–water partition coefficient (Wildman–Crippen LogP) is 3.19. The third kappa shape index (κ3) is 1.36. The number of nitrogens with zero attached hydrogens (tertiary/aromatic N) is 1. The van der Waals surface area contributed by atoms with Crippen LogP contribution in [0.15, 0.2) is 60.9 Å². The molecule has 0 saturated heterocycles. The van der Waals surface area contributed by atoms with E-state index in [1.54, 1.807) is 0 Å². The van der Waals surface area contributed by atoms with Gasteiger partial charge in [0.15, 0.2) is 0 Å². The molecular formula is C14H12N2. The van der Waals surface area contributed by atoms with Crippen LogP contribution in [-0.4, -0.2) is 4.40 Å². The summed E-state index contributed by atoms with van der Waals surface area (Å²) in [5.74, 6) is 0. The molecule has 0 aliphatic heterocycles. The fourth-order valence-corrected chi connectivity index (χ4v) is 1.96. The van der Waals surface area contributed by atoms with Crippen LogP contribution in [0, 0.1) is 0 Å². The Morgan fingerprint density at radius 1 is 0.938 bits per heavy atom. The lowest BCUT2D eigenvalue weighted by atomic mass is 10.1. The molecular weight excluding hydrogens is 196 g/mol. The summed E-state index contributed by atoms with van der Waals surface area (Å²) in [7, 11) is 0. The van der Waals surface area contributed by atoms with E-state index in [2.05, 4.69) is 22.7 Å². The molecule has 0 radical (unpaired) electrons. The van der Waals surface area contributed by atoms with Crippen molar-refractivity contribution in [2.45, 2.75) is 0 Å². The van der Waals surface area contributed by atoms with E-state index in [-0.39, 0.29) is 0 Å². The smallest absolute Gasteiger partial charge is 0.0456 e. The lowest BCUT2D eigenvalue weighted by molar-refractivity contribution is 1.20. The summed E-state index contributed by atoms with van der Waals surface area (Å²) in [6, 6.07) is 16.2. The minimum absolute atomic E-state index is 0.818. The molecule has 0 fully saturated rings. The molecule has 0 atom stereocenters. The number of fused-ring (bicyclic) bond motifs is 1. The average molecular weight is 208 g/mol. The van der Waals surface area contributed by atoms with E-state index < -0.39 is 0 Å². The molecule has 2 aromatic heterocycles. The largest absolute Gasteiger partial charge is 0.398 e.